The average molecular weight is 431 g/mol. The van der Waals surface area contributed by atoms with Gasteiger partial charge in [0.15, 0.2) is 0 Å². The number of nitrogens with zero attached hydrogens (tertiary/aromatic N) is 5. The zero-order valence-corrected chi connectivity index (χ0v) is 17.2. The van der Waals surface area contributed by atoms with Crippen LogP contribution in [0.25, 0.3) is 16.6 Å². The van der Waals surface area contributed by atoms with E-state index >= 15 is 0 Å². The molecule has 9 nitrogen and oxygen atoms in total. The predicted molar refractivity (Wildman–Crippen MR) is 109 cm³/mol. The van der Waals surface area contributed by atoms with E-state index in [1.165, 1.54) is 20.4 Å². The van der Waals surface area contributed by atoms with Crippen LogP contribution in [0.5, 0.6) is 10.9 Å². The molecule has 0 aliphatic carbocycles. The molecule has 1 amide bonds. The standard InChI is InChI=1S/C18H15ClN6O3S/c1-9-20-6-10-4-11(12-5-15(19)21-7-14(12)27-2)13(8-25(9)10)16(26)22-17-23-24-18(28-3)29-17/h4-8H,1-3H3,(H,22,23,26). The van der Waals surface area contributed by atoms with Gasteiger partial charge in [-0.25, -0.2) is 9.97 Å². The molecule has 0 saturated heterocycles. The molecule has 11 heteroatoms. The van der Waals surface area contributed by atoms with Crippen LogP contribution in [0.2, 0.25) is 5.15 Å². The Morgan fingerprint density at radius 2 is 1.97 bits per heavy atom. The van der Waals surface area contributed by atoms with Crippen molar-refractivity contribution in [2.45, 2.75) is 6.92 Å². The van der Waals surface area contributed by atoms with Gasteiger partial charge in [-0.1, -0.05) is 16.7 Å². The van der Waals surface area contributed by atoms with Crippen LogP contribution in [0, 0.1) is 6.92 Å². The van der Waals surface area contributed by atoms with Gasteiger partial charge in [0.1, 0.15) is 16.7 Å². The second-order valence-corrected chi connectivity index (χ2v) is 7.27. The van der Waals surface area contributed by atoms with E-state index in [4.69, 9.17) is 21.1 Å². The highest BCUT2D eigenvalue weighted by molar-refractivity contribution is 7.17. The normalized spacial score (nSPS) is 10.9. The van der Waals surface area contributed by atoms with Crippen molar-refractivity contribution in [1.82, 2.24) is 24.6 Å². The van der Waals surface area contributed by atoms with Gasteiger partial charge in [-0.05, 0) is 30.4 Å². The van der Waals surface area contributed by atoms with Crippen molar-refractivity contribution in [3.05, 3.63) is 47.3 Å². The Bertz CT molecular complexity index is 1220. The van der Waals surface area contributed by atoms with Crippen molar-refractivity contribution in [2.75, 3.05) is 19.5 Å². The molecule has 0 atom stereocenters. The lowest BCUT2D eigenvalue weighted by Crippen LogP contribution is -2.14. The highest BCUT2D eigenvalue weighted by atomic mass is 35.5. The Morgan fingerprint density at radius 3 is 2.69 bits per heavy atom. The van der Waals surface area contributed by atoms with Crippen LogP contribution in [0.15, 0.2) is 30.7 Å². The van der Waals surface area contributed by atoms with Crippen molar-refractivity contribution >= 4 is 39.5 Å². The SMILES string of the molecule is COc1nnc(NC(=O)c2cn3c(C)ncc3cc2-c2cc(Cl)ncc2OC)s1. The van der Waals surface area contributed by atoms with Crippen molar-refractivity contribution in [3.8, 4) is 22.1 Å². The van der Waals surface area contributed by atoms with Crippen LogP contribution in [-0.2, 0) is 0 Å². The van der Waals surface area contributed by atoms with Crippen LogP contribution in [0.4, 0.5) is 5.13 Å². The summed E-state index contributed by atoms with van der Waals surface area (Å²) < 4.78 is 12.3. The van der Waals surface area contributed by atoms with Crippen molar-refractivity contribution < 1.29 is 14.3 Å². The van der Waals surface area contributed by atoms with Crippen LogP contribution in [0.3, 0.4) is 0 Å². The largest absolute Gasteiger partial charge is 0.494 e. The number of pyridine rings is 2. The molecule has 4 aromatic rings. The third-order valence-corrected chi connectivity index (χ3v) is 5.25. The number of aryl methyl sites for hydroxylation is 1. The maximum atomic E-state index is 13.1. The number of carbonyl (C=O) groups is 1. The van der Waals surface area contributed by atoms with E-state index in [9.17, 15) is 4.79 Å². The molecule has 1 N–H and O–H groups in total. The molecular weight excluding hydrogens is 416 g/mol. The molecule has 0 aliphatic heterocycles. The Hall–Kier alpha value is -3.24. The van der Waals surface area contributed by atoms with E-state index in [1.54, 1.807) is 18.5 Å². The summed E-state index contributed by atoms with van der Waals surface area (Å²) in [7, 11) is 3.02. The summed E-state index contributed by atoms with van der Waals surface area (Å²) in [4.78, 5) is 21.5. The Labute approximate surface area is 174 Å². The molecule has 148 valence electrons. The second kappa shape index (κ2) is 7.64. The minimum atomic E-state index is -0.371. The van der Waals surface area contributed by atoms with Gasteiger partial charge in [0.25, 0.3) is 11.1 Å². The maximum Gasteiger partial charge on any atom is 0.295 e. The summed E-state index contributed by atoms with van der Waals surface area (Å²) in [5.41, 5.74) is 2.45. The first-order chi connectivity index (χ1) is 14.0. The van der Waals surface area contributed by atoms with Crippen LogP contribution in [-0.4, -0.2) is 44.7 Å². The van der Waals surface area contributed by atoms with Crippen LogP contribution >= 0.6 is 22.9 Å². The Balaban J connectivity index is 1.87. The number of amides is 1. The first-order valence-corrected chi connectivity index (χ1v) is 9.56. The summed E-state index contributed by atoms with van der Waals surface area (Å²) in [6.07, 6.45) is 4.96. The molecule has 0 saturated carbocycles. The molecule has 29 heavy (non-hydrogen) atoms. The molecule has 0 spiro atoms. The molecule has 0 unspecified atom stereocenters. The summed E-state index contributed by atoms with van der Waals surface area (Å²) in [6.45, 7) is 1.86. The van der Waals surface area contributed by atoms with Gasteiger partial charge in [-0.3, -0.25) is 10.1 Å². The number of anilines is 1. The molecule has 0 radical (unpaired) electrons. The molecule has 4 rings (SSSR count). The number of aromatic nitrogens is 5. The quantitative estimate of drug-likeness (QED) is 0.483. The van der Waals surface area contributed by atoms with Gasteiger partial charge >= 0.3 is 0 Å². The highest BCUT2D eigenvalue weighted by Crippen LogP contribution is 2.35. The molecule has 0 fully saturated rings. The number of fused-ring (bicyclic) bond motifs is 1. The van der Waals surface area contributed by atoms with Crippen molar-refractivity contribution in [3.63, 3.8) is 0 Å². The maximum absolute atomic E-state index is 13.1. The summed E-state index contributed by atoms with van der Waals surface area (Å²) in [6, 6.07) is 3.50. The molecule has 0 aromatic carbocycles. The number of methoxy groups -OCH3 is 2. The van der Waals surface area contributed by atoms with Gasteiger partial charge in [0.05, 0.1) is 37.7 Å². The lowest BCUT2D eigenvalue weighted by atomic mass is 10.0. The van der Waals surface area contributed by atoms with Gasteiger partial charge in [-0.15, -0.1) is 5.10 Å². The van der Waals surface area contributed by atoms with E-state index in [0.717, 1.165) is 22.7 Å². The van der Waals surface area contributed by atoms with Crippen LogP contribution < -0.4 is 14.8 Å². The fraction of sp³-hybridized carbons (Fsp3) is 0.167. The molecule has 4 aromatic heterocycles. The van der Waals surface area contributed by atoms with Crippen LogP contribution in [0.1, 0.15) is 16.2 Å². The summed E-state index contributed by atoms with van der Waals surface area (Å²) in [5, 5.41) is 11.4. The van der Waals surface area contributed by atoms with E-state index in [2.05, 4.69) is 25.5 Å². The molecule has 0 bridgehead atoms. The van der Waals surface area contributed by atoms with E-state index in [1.807, 2.05) is 17.4 Å². The molecule has 0 aliphatic rings. The first kappa shape index (κ1) is 19.1. The average Bonchev–Trinajstić information content (AvgIpc) is 3.33. The van der Waals surface area contributed by atoms with Gasteiger partial charge in [0.2, 0.25) is 5.13 Å². The fourth-order valence-electron chi connectivity index (χ4n) is 2.87. The number of hydrogen-bond acceptors (Lipinski definition) is 8. The van der Waals surface area contributed by atoms with E-state index < -0.39 is 0 Å². The molecule has 4 heterocycles. The minimum Gasteiger partial charge on any atom is -0.494 e. The smallest absolute Gasteiger partial charge is 0.295 e. The number of carbonyl (C=O) groups excluding carboxylic acids is 1. The summed E-state index contributed by atoms with van der Waals surface area (Å²) >= 11 is 7.24. The highest BCUT2D eigenvalue weighted by Gasteiger charge is 2.20. The minimum absolute atomic E-state index is 0.283. The van der Waals surface area contributed by atoms with Gasteiger partial charge < -0.3 is 13.9 Å². The summed E-state index contributed by atoms with van der Waals surface area (Å²) in [5.74, 6) is 0.864. The Morgan fingerprint density at radius 1 is 1.14 bits per heavy atom. The monoisotopic (exact) mass is 430 g/mol. The number of hydrogen-bond donors (Lipinski definition) is 1. The number of rotatable bonds is 5. The number of imidazole rings is 1. The number of nitrogens with one attached hydrogen (secondary N) is 1. The van der Waals surface area contributed by atoms with Crippen molar-refractivity contribution in [2.24, 2.45) is 0 Å². The second-order valence-electron chi connectivity index (χ2n) is 5.94. The first-order valence-electron chi connectivity index (χ1n) is 8.36. The fourth-order valence-corrected chi connectivity index (χ4v) is 3.58. The molecular formula is C18H15ClN6O3S. The Kier molecular flexibility index (Phi) is 5.03. The zero-order chi connectivity index (χ0) is 20.5. The lowest BCUT2D eigenvalue weighted by Gasteiger charge is -2.14. The van der Waals surface area contributed by atoms with E-state index in [0.29, 0.717) is 32.8 Å². The lowest BCUT2D eigenvalue weighted by molar-refractivity contribution is 0.102. The van der Waals surface area contributed by atoms with Gasteiger partial charge in [-0.2, -0.15) is 0 Å². The van der Waals surface area contributed by atoms with Crippen molar-refractivity contribution in [1.29, 1.82) is 0 Å². The third kappa shape index (κ3) is 3.59. The van der Waals surface area contributed by atoms with Gasteiger partial charge in [0, 0.05) is 17.3 Å². The number of ether oxygens (including phenoxy) is 2. The van der Waals surface area contributed by atoms with E-state index in [-0.39, 0.29) is 11.1 Å². The number of halogens is 1. The topological polar surface area (TPSA) is 104 Å². The zero-order valence-electron chi connectivity index (χ0n) is 15.6. The third-order valence-electron chi connectivity index (χ3n) is 4.24. The predicted octanol–water partition coefficient (Wildman–Crippen LogP) is 3.48.